The van der Waals surface area contributed by atoms with Crippen molar-refractivity contribution in [3.63, 3.8) is 0 Å². The van der Waals surface area contributed by atoms with E-state index in [1.807, 2.05) is 91.0 Å². The van der Waals surface area contributed by atoms with Crippen LogP contribution in [0.4, 0.5) is 5.95 Å². The third-order valence-corrected chi connectivity index (χ3v) is 8.82. The first-order valence-electron chi connectivity index (χ1n) is 14.0. The van der Waals surface area contributed by atoms with E-state index in [0.29, 0.717) is 16.7 Å². The fourth-order valence-corrected chi connectivity index (χ4v) is 7.05. The summed E-state index contributed by atoms with van der Waals surface area (Å²) in [6.07, 6.45) is -1.37. The van der Waals surface area contributed by atoms with E-state index >= 15 is 0 Å². The molecule has 7 N–H and O–H groups in total. The first kappa shape index (κ1) is 31.0. The van der Waals surface area contributed by atoms with Gasteiger partial charge >= 0.3 is 0 Å². The molecule has 3 aromatic carbocycles. The molecule has 2 aromatic heterocycles. The number of aliphatic hydroxyl groups is 1. The van der Waals surface area contributed by atoms with E-state index in [0.717, 1.165) is 0 Å². The molecule has 5 aromatic rings. The monoisotopic (exact) mass is 632 g/mol. The largest absolute Gasteiger partial charge is 0.384 e. The molecule has 0 radical (unpaired) electrons. The first-order chi connectivity index (χ1) is 21.8. The molecule has 13 nitrogen and oxygen atoms in total. The van der Waals surface area contributed by atoms with Crippen LogP contribution in [0.1, 0.15) is 16.7 Å². The van der Waals surface area contributed by atoms with Crippen LogP contribution in [0, 0.1) is 0 Å². The summed E-state index contributed by atoms with van der Waals surface area (Å²) in [4.78, 5) is 34.5. The Bertz CT molecular complexity index is 1720. The first-order valence-corrected chi connectivity index (χ1v) is 15.3. The van der Waals surface area contributed by atoms with Gasteiger partial charge in [-0.15, -0.1) is 0 Å². The minimum Gasteiger partial charge on any atom is -0.384 e. The van der Waals surface area contributed by atoms with Gasteiger partial charge in [0.05, 0.1) is 18.3 Å². The smallest absolute Gasteiger partial charge is 0.280 e. The molecule has 3 heterocycles. The number of hydrogen-bond donors (Lipinski definition) is 5. The summed E-state index contributed by atoms with van der Waals surface area (Å²) in [5.74, 6) is -2.23. The van der Waals surface area contributed by atoms with Gasteiger partial charge in [0.1, 0.15) is 12.2 Å². The summed E-state index contributed by atoms with van der Waals surface area (Å²) < 4.78 is 26.6. The molecule has 1 aliphatic heterocycles. The van der Waals surface area contributed by atoms with Crippen molar-refractivity contribution in [3.8, 4) is 0 Å². The third kappa shape index (κ3) is 4.51. The minimum atomic E-state index is -2.31. The second-order valence-electron chi connectivity index (χ2n) is 10.5. The van der Waals surface area contributed by atoms with E-state index < -0.39 is 43.2 Å². The fraction of sp³-hybridized carbons (Fsp3) is 0.258. The zero-order valence-electron chi connectivity index (χ0n) is 24.5. The molecular weight excluding hydrogens is 599 g/mol. The van der Waals surface area contributed by atoms with E-state index in [1.54, 1.807) is 0 Å². The topological polar surface area (TPSA) is 193 Å². The highest BCUT2D eigenvalue weighted by Gasteiger charge is 2.78. The third-order valence-electron chi connectivity index (χ3n) is 8.41. The van der Waals surface area contributed by atoms with Crippen molar-refractivity contribution in [1.29, 1.82) is 0 Å². The van der Waals surface area contributed by atoms with Gasteiger partial charge in [-0.25, -0.2) is 4.98 Å². The molecule has 1 fully saturated rings. The molecule has 6 rings (SSSR count). The Balaban J connectivity index is 1.88. The summed E-state index contributed by atoms with van der Waals surface area (Å²) in [5.41, 5.74) is 9.78. The summed E-state index contributed by atoms with van der Waals surface area (Å²) in [6.45, 7) is -0.340. The number of rotatable bonds is 10. The van der Waals surface area contributed by atoms with E-state index in [4.69, 9.17) is 30.0 Å². The average molecular weight is 633 g/mol. The molecule has 0 amide bonds. The number of imidazole rings is 1. The van der Waals surface area contributed by atoms with Crippen molar-refractivity contribution >= 4 is 25.6 Å². The van der Waals surface area contributed by atoms with E-state index in [9.17, 15) is 14.8 Å². The molecule has 234 valence electrons. The average Bonchev–Trinajstić information content (AvgIpc) is 3.59. The highest BCUT2D eigenvalue weighted by molar-refractivity contribution is 7.43. The molecule has 0 spiro atoms. The number of nitrogens with zero attached hydrogens (tertiary/aromatic N) is 3. The number of H-pyrrole nitrogens is 1. The molecule has 4 atom stereocenters. The van der Waals surface area contributed by atoms with Crippen LogP contribution in [0.25, 0.3) is 11.2 Å². The Morgan fingerprint density at radius 3 is 1.96 bits per heavy atom. The number of aliphatic hydroxyl groups excluding tert-OH is 1. The maximum Gasteiger partial charge on any atom is 0.280 e. The number of benzene rings is 3. The Labute approximate surface area is 259 Å². The molecule has 1 saturated heterocycles. The predicted molar refractivity (Wildman–Crippen MR) is 167 cm³/mol. The molecular formula is C31H33N6O7P. The number of nitrogens with two attached hydrogens (primary N) is 2. The van der Waals surface area contributed by atoms with Crippen LogP contribution in [-0.4, -0.2) is 68.3 Å². The van der Waals surface area contributed by atoms with E-state index in [2.05, 4.69) is 15.0 Å². The molecule has 45 heavy (non-hydrogen) atoms. The van der Waals surface area contributed by atoms with Gasteiger partial charge in [-0.2, -0.15) is 4.98 Å². The van der Waals surface area contributed by atoms with Crippen LogP contribution >= 0.6 is 8.53 Å². The normalized spacial score (nSPS) is 22.1. The van der Waals surface area contributed by atoms with Gasteiger partial charge in [-0.05, 0) is 16.7 Å². The maximum atomic E-state index is 13.1. The minimum absolute atomic E-state index is 0.0357. The lowest BCUT2D eigenvalue weighted by Gasteiger charge is -2.55. The number of anilines is 1. The maximum absolute atomic E-state index is 13.1. The SMILES string of the molecule is COC1(OC)C(O)C(COP(N)O)OC1(n1cnc2c(=O)[nH]c(N)nc21)C(c1ccccc1)(c1ccccc1)c1ccccc1. The van der Waals surface area contributed by atoms with Crippen molar-refractivity contribution in [2.75, 3.05) is 26.6 Å². The number of ether oxygens (including phenoxy) is 3. The second-order valence-corrected chi connectivity index (χ2v) is 11.4. The zero-order chi connectivity index (χ0) is 31.8. The van der Waals surface area contributed by atoms with Gasteiger partial charge < -0.3 is 34.5 Å². The van der Waals surface area contributed by atoms with Crippen molar-refractivity contribution in [2.24, 2.45) is 5.50 Å². The number of nitrogen functional groups attached to an aromatic ring is 1. The second kappa shape index (κ2) is 12.0. The van der Waals surface area contributed by atoms with Gasteiger partial charge in [-0.1, -0.05) is 91.0 Å². The van der Waals surface area contributed by atoms with Crippen LogP contribution in [0.3, 0.4) is 0 Å². The van der Waals surface area contributed by atoms with Crippen molar-refractivity contribution in [2.45, 2.75) is 29.1 Å². The number of nitrogens with one attached hydrogen (secondary N) is 1. The highest BCUT2D eigenvalue weighted by atomic mass is 31.2. The van der Waals surface area contributed by atoms with Crippen molar-refractivity contribution in [3.05, 3.63) is 124 Å². The summed E-state index contributed by atoms with van der Waals surface area (Å²) in [5, 5.41) is 12.2. The number of methoxy groups -OCH3 is 2. The number of aromatic nitrogens is 4. The number of aromatic amines is 1. The number of fused-ring (bicyclic) bond motifs is 1. The molecule has 0 saturated carbocycles. The van der Waals surface area contributed by atoms with Crippen LogP contribution < -0.4 is 16.8 Å². The molecule has 0 aliphatic carbocycles. The van der Waals surface area contributed by atoms with Gasteiger partial charge in [0.25, 0.3) is 5.56 Å². The van der Waals surface area contributed by atoms with Crippen LogP contribution in [0.15, 0.2) is 102 Å². The molecule has 1 aliphatic rings. The lowest BCUT2D eigenvalue weighted by atomic mass is 9.59. The van der Waals surface area contributed by atoms with Gasteiger partial charge in [0.15, 0.2) is 11.2 Å². The Morgan fingerprint density at radius 2 is 1.49 bits per heavy atom. The highest BCUT2D eigenvalue weighted by Crippen LogP contribution is 2.62. The summed E-state index contributed by atoms with van der Waals surface area (Å²) in [7, 11) is 0.455. The van der Waals surface area contributed by atoms with Crippen LogP contribution in [0.2, 0.25) is 0 Å². The predicted octanol–water partition coefficient (Wildman–Crippen LogP) is 2.33. The van der Waals surface area contributed by atoms with Gasteiger partial charge in [0.2, 0.25) is 26.0 Å². The standard InChI is InChI=1S/C31H33N6O7P/c1-41-30(42-2)25(38)23(18-43-45(33)40)44-31(30,37-19-34-24-26(37)35-28(32)36-27(24)39)29(20-12-6-3-7-13-20,21-14-8-4-9-15-21)22-16-10-5-11-17-22/h3-17,19,23,25,38,40H,18,33H2,1-2H3,(H3,32,35,36,39). The Morgan fingerprint density at radius 1 is 0.978 bits per heavy atom. The lowest BCUT2D eigenvalue weighted by Crippen LogP contribution is -2.69. The van der Waals surface area contributed by atoms with Gasteiger partial charge in [0, 0.05) is 14.2 Å². The lowest BCUT2D eigenvalue weighted by molar-refractivity contribution is -0.337. The number of hydrogen-bond acceptors (Lipinski definition) is 11. The Hall–Kier alpha value is -4.04. The molecule has 14 heteroatoms. The quantitative estimate of drug-likeness (QED) is 0.0862. The Kier molecular flexibility index (Phi) is 8.29. The van der Waals surface area contributed by atoms with E-state index in [1.165, 1.54) is 25.1 Å². The molecule has 4 unspecified atom stereocenters. The van der Waals surface area contributed by atoms with Crippen molar-refractivity contribution < 1.29 is 28.7 Å². The van der Waals surface area contributed by atoms with Crippen molar-refractivity contribution in [1.82, 2.24) is 19.5 Å². The van der Waals surface area contributed by atoms with Crippen LogP contribution in [-0.2, 0) is 29.9 Å². The fourth-order valence-electron chi connectivity index (χ4n) is 6.75. The summed E-state index contributed by atoms with van der Waals surface area (Å²) >= 11 is 0. The summed E-state index contributed by atoms with van der Waals surface area (Å²) in [6, 6.07) is 28.5. The van der Waals surface area contributed by atoms with E-state index in [-0.39, 0.29) is 23.7 Å². The molecule has 0 bridgehead atoms. The van der Waals surface area contributed by atoms with Crippen LogP contribution in [0.5, 0.6) is 0 Å². The zero-order valence-corrected chi connectivity index (χ0v) is 25.4. The van der Waals surface area contributed by atoms with Gasteiger partial charge in [-0.3, -0.25) is 19.8 Å².